The number of rotatable bonds is 2. The summed E-state index contributed by atoms with van der Waals surface area (Å²) in [5, 5.41) is 11.7. The first-order valence-electron chi connectivity index (χ1n) is 5.33. The Kier molecular flexibility index (Phi) is 3.05. The Bertz CT molecular complexity index is 519. The van der Waals surface area contributed by atoms with Gasteiger partial charge >= 0.3 is 5.97 Å². The van der Waals surface area contributed by atoms with Gasteiger partial charge in [0.25, 0.3) is 0 Å². The molecule has 1 aliphatic rings. The maximum Gasteiger partial charge on any atom is 0.340 e. The van der Waals surface area contributed by atoms with Gasteiger partial charge in [0.15, 0.2) is 0 Å². The van der Waals surface area contributed by atoms with E-state index in [-0.39, 0.29) is 23.7 Å². The zero-order chi connectivity index (χ0) is 13.3. The molecule has 0 radical (unpaired) electrons. The first-order chi connectivity index (χ1) is 8.50. The van der Waals surface area contributed by atoms with Gasteiger partial charge in [0.05, 0.1) is 17.9 Å². The highest BCUT2D eigenvalue weighted by atomic mass is 19.1. The molecule has 1 saturated heterocycles. The highest BCUT2D eigenvalue weighted by Gasteiger charge is 2.24. The molecule has 96 valence electrons. The lowest BCUT2D eigenvalue weighted by molar-refractivity contribution is -0.120. The van der Waals surface area contributed by atoms with Crippen molar-refractivity contribution in [2.75, 3.05) is 30.3 Å². The summed E-state index contributed by atoms with van der Waals surface area (Å²) in [6.07, 6.45) is 0. The second-order valence-electron chi connectivity index (χ2n) is 3.93. The van der Waals surface area contributed by atoms with Crippen molar-refractivity contribution < 1.29 is 19.1 Å². The Balaban J connectivity index is 2.46. The van der Waals surface area contributed by atoms with Gasteiger partial charge in [0.1, 0.15) is 11.4 Å². The van der Waals surface area contributed by atoms with Crippen LogP contribution in [-0.4, -0.2) is 36.6 Å². The van der Waals surface area contributed by atoms with Gasteiger partial charge in [0, 0.05) is 13.1 Å². The number of halogens is 1. The summed E-state index contributed by atoms with van der Waals surface area (Å²) < 4.78 is 13.3. The Morgan fingerprint density at radius 3 is 2.83 bits per heavy atom. The molecule has 0 aromatic heterocycles. The molecule has 1 fully saturated rings. The summed E-state index contributed by atoms with van der Waals surface area (Å²) >= 11 is 0. The predicted molar refractivity (Wildman–Crippen MR) is 63.0 cm³/mol. The summed E-state index contributed by atoms with van der Waals surface area (Å²) in [6, 6.07) is 2.43. The highest BCUT2D eigenvalue weighted by Crippen LogP contribution is 2.28. The quantitative estimate of drug-likeness (QED) is 0.647. The van der Waals surface area contributed by atoms with Crippen molar-refractivity contribution in [3.05, 3.63) is 23.5 Å². The molecule has 1 aromatic carbocycles. The number of carbonyl (C=O) groups is 2. The minimum atomic E-state index is -1.31. The highest BCUT2D eigenvalue weighted by molar-refractivity contribution is 6.01. The average molecular weight is 253 g/mol. The molecule has 0 spiro atoms. The van der Waals surface area contributed by atoms with Gasteiger partial charge in [0.2, 0.25) is 5.91 Å². The van der Waals surface area contributed by atoms with Crippen LogP contribution in [0.25, 0.3) is 0 Å². The van der Waals surface area contributed by atoms with Gasteiger partial charge in [-0.05, 0) is 12.1 Å². The van der Waals surface area contributed by atoms with Crippen molar-refractivity contribution in [2.45, 2.75) is 0 Å². The van der Waals surface area contributed by atoms with E-state index in [9.17, 15) is 14.0 Å². The maximum atomic E-state index is 13.3. The minimum absolute atomic E-state index is 0.0331. The Morgan fingerprint density at radius 2 is 2.22 bits per heavy atom. The van der Waals surface area contributed by atoms with Crippen LogP contribution >= 0.6 is 0 Å². The number of hydrogen-bond acceptors (Lipinski definition) is 4. The second kappa shape index (κ2) is 4.52. The minimum Gasteiger partial charge on any atom is -0.478 e. The van der Waals surface area contributed by atoms with E-state index in [2.05, 4.69) is 5.32 Å². The number of amides is 1. The molecular weight excluding hydrogens is 241 g/mol. The van der Waals surface area contributed by atoms with Gasteiger partial charge in [-0.25, -0.2) is 9.18 Å². The molecule has 4 N–H and O–H groups in total. The smallest absolute Gasteiger partial charge is 0.340 e. The Hall–Kier alpha value is -2.31. The van der Waals surface area contributed by atoms with E-state index in [0.717, 1.165) is 6.07 Å². The molecule has 1 heterocycles. The third-order valence-corrected chi connectivity index (χ3v) is 2.76. The first-order valence-corrected chi connectivity index (χ1v) is 5.33. The van der Waals surface area contributed by atoms with Gasteiger partial charge in [-0.2, -0.15) is 0 Å². The van der Waals surface area contributed by atoms with Gasteiger partial charge in [-0.15, -0.1) is 0 Å². The number of hydrogen-bond donors (Lipinski definition) is 3. The summed E-state index contributed by atoms with van der Waals surface area (Å²) in [6.45, 7) is 0.900. The van der Waals surface area contributed by atoms with Crippen LogP contribution in [0.4, 0.5) is 15.8 Å². The number of aromatic carboxylic acids is 1. The number of nitrogens with one attached hydrogen (secondary N) is 1. The van der Waals surface area contributed by atoms with E-state index in [0.29, 0.717) is 13.1 Å². The predicted octanol–water partition coefficient (Wildman–Crippen LogP) is 0.0423. The Labute approximate surface area is 102 Å². The zero-order valence-corrected chi connectivity index (χ0v) is 9.44. The molecule has 2 rings (SSSR count). The lowest BCUT2D eigenvalue weighted by Crippen LogP contribution is -2.48. The van der Waals surface area contributed by atoms with Crippen molar-refractivity contribution in [2.24, 2.45) is 0 Å². The number of benzene rings is 1. The van der Waals surface area contributed by atoms with E-state index >= 15 is 0 Å². The van der Waals surface area contributed by atoms with Crippen molar-refractivity contribution in [1.82, 2.24) is 5.32 Å². The molecular formula is C11H12FN3O3. The number of carbonyl (C=O) groups excluding carboxylic acids is 1. The van der Waals surface area contributed by atoms with Crippen LogP contribution in [0.15, 0.2) is 12.1 Å². The first kappa shape index (κ1) is 12.2. The topological polar surface area (TPSA) is 95.7 Å². The number of nitrogens with zero attached hydrogens (tertiary/aromatic N) is 1. The lowest BCUT2D eigenvalue weighted by Gasteiger charge is -2.30. The molecule has 0 atom stereocenters. The molecule has 0 aliphatic carbocycles. The van der Waals surface area contributed by atoms with E-state index < -0.39 is 17.5 Å². The monoisotopic (exact) mass is 253 g/mol. The molecule has 1 amide bonds. The van der Waals surface area contributed by atoms with Crippen LogP contribution in [0.1, 0.15) is 10.4 Å². The largest absolute Gasteiger partial charge is 0.478 e. The third kappa shape index (κ3) is 2.06. The van der Waals surface area contributed by atoms with E-state index in [1.807, 2.05) is 0 Å². The van der Waals surface area contributed by atoms with E-state index in [1.165, 1.54) is 6.07 Å². The molecule has 0 saturated carbocycles. The summed E-state index contributed by atoms with van der Waals surface area (Å²) in [5.41, 5.74) is 4.99. The Morgan fingerprint density at radius 1 is 1.50 bits per heavy atom. The van der Waals surface area contributed by atoms with Crippen LogP contribution in [0.3, 0.4) is 0 Å². The fraction of sp³-hybridized carbons (Fsp3) is 0.273. The van der Waals surface area contributed by atoms with Gasteiger partial charge in [-0.3, -0.25) is 4.79 Å². The molecule has 6 nitrogen and oxygen atoms in total. The SMILES string of the molecule is Nc1c(F)ccc(N2CCNC(=O)C2)c1C(=O)O. The number of nitrogen functional groups attached to an aromatic ring is 1. The van der Waals surface area contributed by atoms with E-state index in [1.54, 1.807) is 4.90 Å². The van der Waals surface area contributed by atoms with Crippen LogP contribution in [0.5, 0.6) is 0 Å². The van der Waals surface area contributed by atoms with Gasteiger partial charge < -0.3 is 21.1 Å². The van der Waals surface area contributed by atoms with Crippen LogP contribution < -0.4 is 16.0 Å². The molecule has 1 aliphatic heterocycles. The molecule has 7 heteroatoms. The molecule has 18 heavy (non-hydrogen) atoms. The number of carboxylic acid groups (broad SMARTS) is 1. The maximum absolute atomic E-state index is 13.3. The normalized spacial score (nSPS) is 15.4. The lowest BCUT2D eigenvalue weighted by atomic mass is 10.1. The zero-order valence-electron chi connectivity index (χ0n) is 9.44. The number of nitrogens with two attached hydrogens (primary N) is 1. The third-order valence-electron chi connectivity index (χ3n) is 2.76. The summed E-state index contributed by atoms with van der Waals surface area (Å²) in [4.78, 5) is 24.0. The van der Waals surface area contributed by atoms with Crippen molar-refractivity contribution >= 4 is 23.3 Å². The fourth-order valence-electron chi connectivity index (χ4n) is 1.92. The fourth-order valence-corrected chi connectivity index (χ4v) is 1.92. The molecule has 0 bridgehead atoms. The number of piperazine rings is 1. The summed E-state index contributed by atoms with van der Waals surface area (Å²) in [5.74, 6) is -2.30. The summed E-state index contributed by atoms with van der Waals surface area (Å²) in [7, 11) is 0. The van der Waals surface area contributed by atoms with E-state index in [4.69, 9.17) is 10.8 Å². The molecule has 1 aromatic rings. The average Bonchev–Trinajstić information content (AvgIpc) is 2.32. The van der Waals surface area contributed by atoms with Crippen LogP contribution in [-0.2, 0) is 4.79 Å². The van der Waals surface area contributed by atoms with Crippen molar-refractivity contribution in [1.29, 1.82) is 0 Å². The van der Waals surface area contributed by atoms with Crippen LogP contribution in [0, 0.1) is 5.82 Å². The second-order valence-corrected chi connectivity index (χ2v) is 3.93. The van der Waals surface area contributed by atoms with Crippen LogP contribution in [0.2, 0.25) is 0 Å². The van der Waals surface area contributed by atoms with Crippen molar-refractivity contribution in [3.8, 4) is 0 Å². The van der Waals surface area contributed by atoms with Crippen molar-refractivity contribution in [3.63, 3.8) is 0 Å². The van der Waals surface area contributed by atoms with Gasteiger partial charge in [-0.1, -0.05) is 0 Å². The number of anilines is 2. The number of carboxylic acids is 1. The molecule has 0 unspecified atom stereocenters. The standard InChI is InChI=1S/C11H12FN3O3/c12-6-1-2-7(9(10(6)13)11(17)18)15-4-3-14-8(16)5-15/h1-2H,3-5,13H2,(H,14,16)(H,17,18).